The van der Waals surface area contributed by atoms with Crippen molar-refractivity contribution in [2.75, 3.05) is 20.6 Å². The number of likely N-dealkylation sites (N-methyl/N-ethyl adjacent to an activating group) is 1. The van der Waals surface area contributed by atoms with Crippen LogP contribution in [0.3, 0.4) is 0 Å². The summed E-state index contributed by atoms with van der Waals surface area (Å²) in [6.07, 6.45) is 4.30. The zero-order chi connectivity index (χ0) is 14.4. The Morgan fingerprint density at radius 1 is 1.21 bits per heavy atom. The van der Waals surface area contributed by atoms with Crippen LogP contribution in [-0.4, -0.2) is 37.6 Å². The molecule has 2 unspecified atom stereocenters. The van der Waals surface area contributed by atoms with E-state index in [1.165, 1.54) is 19.3 Å². The van der Waals surface area contributed by atoms with Gasteiger partial charge in [0.25, 0.3) is 0 Å². The molecule has 0 aromatic carbocycles. The Labute approximate surface area is 120 Å². The number of hydrogen-bond acceptors (Lipinski definition) is 2. The maximum Gasteiger partial charge on any atom is 0.0220 e. The molecule has 2 nitrogen and oxygen atoms in total. The predicted octanol–water partition coefficient (Wildman–Crippen LogP) is 3.38. The van der Waals surface area contributed by atoms with Gasteiger partial charge in [-0.2, -0.15) is 0 Å². The number of nitrogens with zero attached hydrogens (tertiary/aromatic N) is 1. The Bertz CT molecular complexity index is 316. The molecule has 112 valence electrons. The molecule has 2 saturated carbocycles. The molecule has 4 atom stereocenters. The van der Waals surface area contributed by atoms with Crippen LogP contribution in [0.15, 0.2) is 0 Å². The van der Waals surface area contributed by atoms with E-state index in [4.69, 9.17) is 0 Å². The Balaban J connectivity index is 2.12. The predicted molar refractivity (Wildman–Crippen MR) is 83.3 cm³/mol. The number of rotatable bonds is 5. The van der Waals surface area contributed by atoms with Crippen molar-refractivity contribution in [3.05, 3.63) is 0 Å². The fourth-order valence-electron chi connectivity index (χ4n) is 4.78. The number of hydrogen-bond donors (Lipinski definition) is 1. The minimum Gasteiger partial charge on any atom is -0.309 e. The van der Waals surface area contributed by atoms with Crippen molar-refractivity contribution in [2.24, 2.45) is 22.7 Å². The summed E-state index contributed by atoms with van der Waals surface area (Å²) < 4.78 is 0. The second-order valence-electron chi connectivity index (χ2n) is 8.63. The van der Waals surface area contributed by atoms with E-state index in [-0.39, 0.29) is 0 Å². The molecular formula is C17H34N2. The molecular weight excluding hydrogens is 232 g/mol. The van der Waals surface area contributed by atoms with E-state index in [2.05, 4.69) is 58.9 Å². The summed E-state index contributed by atoms with van der Waals surface area (Å²) in [5.41, 5.74) is 1.00. The van der Waals surface area contributed by atoms with Crippen molar-refractivity contribution in [3.63, 3.8) is 0 Å². The first-order valence-corrected chi connectivity index (χ1v) is 8.07. The lowest BCUT2D eigenvalue weighted by atomic mass is 9.68. The second kappa shape index (κ2) is 5.04. The summed E-state index contributed by atoms with van der Waals surface area (Å²) in [5.74, 6) is 1.63. The fraction of sp³-hybridized carbons (Fsp3) is 1.00. The van der Waals surface area contributed by atoms with Gasteiger partial charge in [-0.05, 0) is 56.0 Å². The average Bonchev–Trinajstić information content (AvgIpc) is 2.73. The van der Waals surface area contributed by atoms with Gasteiger partial charge in [0.15, 0.2) is 0 Å². The molecule has 0 aliphatic heterocycles. The van der Waals surface area contributed by atoms with Crippen LogP contribution < -0.4 is 5.32 Å². The van der Waals surface area contributed by atoms with E-state index >= 15 is 0 Å². The van der Waals surface area contributed by atoms with Gasteiger partial charge >= 0.3 is 0 Å². The molecule has 0 saturated heterocycles. The summed E-state index contributed by atoms with van der Waals surface area (Å²) in [6.45, 7) is 13.4. The van der Waals surface area contributed by atoms with E-state index in [0.29, 0.717) is 28.8 Å². The van der Waals surface area contributed by atoms with E-state index in [9.17, 15) is 0 Å². The molecule has 2 aliphatic rings. The topological polar surface area (TPSA) is 15.3 Å². The maximum absolute atomic E-state index is 4.07. The minimum atomic E-state index is 0.465. The van der Waals surface area contributed by atoms with Crippen LogP contribution in [-0.2, 0) is 0 Å². The lowest BCUT2D eigenvalue weighted by Gasteiger charge is -2.46. The Hall–Kier alpha value is -0.0800. The molecule has 0 spiro atoms. The first kappa shape index (κ1) is 15.3. The minimum absolute atomic E-state index is 0.465. The van der Waals surface area contributed by atoms with Gasteiger partial charge in [0, 0.05) is 18.6 Å². The van der Waals surface area contributed by atoms with Crippen molar-refractivity contribution in [1.29, 1.82) is 0 Å². The monoisotopic (exact) mass is 266 g/mol. The Kier molecular flexibility index (Phi) is 4.06. The third kappa shape index (κ3) is 2.71. The van der Waals surface area contributed by atoms with Gasteiger partial charge in [0.1, 0.15) is 0 Å². The van der Waals surface area contributed by atoms with Crippen LogP contribution in [0.4, 0.5) is 0 Å². The molecule has 2 aliphatic carbocycles. The van der Waals surface area contributed by atoms with Crippen LogP contribution in [0, 0.1) is 22.7 Å². The van der Waals surface area contributed by atoms with E-state index in [1.54, 1.807) is 0 Å². The summed E-state index contributed by atoms with van der Waals surface area (Å²) in [7, 11) is 4.37. The van der Waals surface area contributed by atoms with Gasteiger partial charge in [0.2, 0.25) is 0 Å². The van der Waals surface area contributed by atoms with E-state index in [0.717, 1.165) is 12.5 Å². The largest absolute Gasteiger partial charge is 0.309 e. The van der Waals surface area contributed by atoms with Crippen LogP contribution in [0.2, 0.25) is 0 Å². The maximum atomic E-state index is 4.07. The van der Waals surface area contributed by atoms with Crippen LogP contribution in [0.5, 0.6) is 0 Å². The van der Waals surface area contributed by atoms with Crippen LogP contribution >= 0.6 is 0 Å². The molecule has 1 N–H and O–H groups in total. The highest BCUT2D eigenvalue weighted by Gasteiger charge is 2.59. The summed E-state index contributed by atoms with van der Waals surface area (Å²) >= 11 is 0. The molecule has 0 heterocycles. The van der Waals surface area contributed by atoms with Gasteiger partial charge in [-0.25, -0.2) is 0 Å². The van der Waals surface area contributed by atoms with Crippen molar-refractivity contribution < 1.29 is 0 Å². The van der Waals surface area contributed by atoms with Gasteiger partial charge in [-0.1, -0.05) is 34.6 Å². The molecule has 0 aromatic rings. The Morgan fingerprint density at radius 2 is 1.84 bits per heavy atom. The molecule has 2 bridgehead atoms. The summed E-state index contributed by atoms with van der Waals surface area (Å²) in [6, 6.07) is 1.29. The van der Waals surface area contributed by atoms with Gasteiger partial charge < -0.3 is 10.2 Å². The SMILES string of the molecule is CC(C)C(CN(C)C)NC1C(C)(C)[C@H]2CC[C@]1(C)C2. The molecule has 0 aromatic heterocycles. The Morgan fingerprint density at radius 3 is 2.26 bits per heavy atom. The molecule has 0 amide bonds. The van der Waals surface area contributed by atoms with E-state index < -0.39 is 0 Å². The van der Waals surface area contributed by atoms with Gasteiger partial charge in [-0.3, -0.25) is 0 Å². The summed E-state index contributed by atoms with van der Waals surface area (Å²) in [4.78, 5) is 2.32. The van der Waals surface area contributed by atoms with Crippen molar-refractivity contribution in [1.82, 2.24) is 10.2 Å². The first-order valence-electron chi connectivity index (χ1n) is 8.07. The number of fused-ring (bicyclic) bond motifs is 2. The first-order chi connectivity index (χ1) is 8.67. The highest BCUT2D eigenvalue weighted by atomic mass is 15.1. The molecule has 19 heavy (non-hydrogen) atoms. The van der Waals surface area contributed by atoms with Crippen molar-refractivity contribution >= 4 is 0 Å². The third-order valence-corrected chi connectivity index (χ3v) is 6.02. The summed E-state index contributed by atoms with van der Waals surface area (Å²) in [5, 5.41) is 4.07. The second-order valence-corrected chi connectivity index (χ2v) is 8.63. The quantitative estimate of drug-likeness (QED) is 0.820. The van der Waals surface area contributed by atoms with Crippen molar-refractivity contribution in [3.8, 4) is 0 Å². The highest BCUT2D eigenvalue weighted by Crippen LogP contribution is 2.62. The average molecular weight is 266 g/mol. The highest BCUT2D eigenvalue weighted by molar-refractivity contribution is 5.12. The third-order valence-electron chi connectivity index (χ3n) is 6.02. The zero-order valence-corrected chi connectivity index (χ0v) is 14.1. The number of nitrogens with one attached hydrogen (secondary N) is 1. The fourth-order valence-corrected chi connectivity index (χ4v) is 4.78. The lowest BCUT2D eigenvalue weighted by molar-refractivity contribution is 0.0862. The zero-order valence-electron chi connectivity index (χ0n) is 14.1. The lowest BCUT2D eigenvalue weighted by Crippen LogP contribution is -2.57. The molecule has 2 heteroatoms. The van der Waals surface area contributed by atoms with Crippen molar-refractivity contribution in [2.45, 2.75) is 66.0 Å². The van der Waals surface area contributed by atoms with Crippen LogP contribution in [0.25, 0.3) is 0 Å². The molecule has 0 radical (unpaired) electrons. The van der Waals surface area contributed by atoms with Gasteiger partial charge in [0.05, 0.1) is 0 Å². The smallest absolute Gasteiger partial charge is 0.0220 e. The molecule has 2 rings (SSSR count). The van der Waals surface area contributed by atoms with E-state index in [1.807, 2.05) is 0 Å². The van der Waals surface area contributed by atoms with Gasteiger partial charge in [-0.15, -0.1) is 0 Å². The van der Waals surface area contributed by atoms with Crippen LogP contribution in [0.1, 0.15) is 53.9 Å². The molecule has 2 fully saturated rings. The standard InChI is InChI=1S/C17H34N2/c1-12(2)14(11-19(6)7)18-15-16(3,4)13-8-9-17(15,5)10-13/h12-15,18H,8-11H2,1-7H3/t13-,14?,15?,17+/m0/s1. The normalized spacial score (nSPS) is 38.4.